The first kappa shape index (κ1) is 14.6. The third-order valence-electron chi connectivity index (χ3n) is 5.13. The lowest BCUT2D eigenvalue weighted by atomic mass is 9.89. The highest BCUT2D eigenvalue weighted by Crippen LogP contribution is 2.42. The fourth-order valence-electron chi connectivity index (χ4n) is 4.16. The predicted octanol–water partition coefficient (Wildman–Crippen LogP) is 4.02. The highest BCUT2D eigenvalue weighted by molar-refractivity contribution is 7.75. The van der Waals surface area contributed by atoms with Crippen molar-refractivity contribution in [3.05, 3.63) is 48.3 Å². The van der Waals surface area contributed by atoms with Gasteiger partial charge in [0.1, 0.15) is 18.0 Å². The average molecular weight is 345 g/mol. The Bertz CT molecular complexity index is 969. The summed E-state index contributed by atoms with van der Waals surface area (Å²) in [6.45, 7) is 0. The van der Waals surface area contributed by atoms with Crippen LogP contribution in [-0.2, 0) is 19.7 Å². The van der Waals surface area contributed by atoms with Crippen LogP contribution in [0.2, 0.25) is 0 Å². The minimum absolute atomic E-state index is 0.0306. The van der Waals surface area contributed by atoms with E-state index in [0.717, 1.165) is 41.1 Å². The molecular formula is C18H16FNO3S. The number of rotatable bonds is 1. The number of fused-ring (bicyclic) bond motifs is 4. The van der Waals surface area contributed by atoms with Crippen molar-refractivity contribution < 1.29 is 17.0 Å². The van der Waals surface area contributed by atoms with E-state index in [4.69, 9.17) is 8.37 Å². The highest BCUT2D eigenvalue weighted by atomic mass is 32.2. The number of aromatic nitrogens is 1. The summed E-state index contributed by atoms with van der Waals surface area (Å²) >= 11 is -1.67. The van der Waals surface area contributed by atoms with Crippen LogP contribution in [0.25, 0.3) is 21.8 Å². The van der Waals surface area contributed by atoms with Crippen molar-refractivity contribution in [1.82, 2.24) is 4.57 Å². The zero-order valence-corrected chi connectivity index (χ0v) is 13.7. The van der Waals surface area contributed by atoms with Gasteiger partial charge in [-0.2, -0.15) is 4.21 Å². The summed E-state index contributed by atoms with van der Waals surface area (Å²) in [6, 6.07) is 12.9. The monoisotopic (exact) mass is 345 g/mol. The van der Waals surface area contributed by atoms with E-state index in [0.29, 0.717) is 0 Å². The van der Waals surface area contributed by atoms with Crippen molar-refractivity contribution in [1.29, 1.82) is 0 Å². The third kappa shape index (κ3) is 2.06. The van der Waals surface area contributed by atoms with Crippen LogP contribution in [0.4, 0.5) is 4.39 Å². The molecule has 4 nitrogen and oxygen atoms in total. The van der Waals surface area contributed by atoms with Gasteiger partial charge in [0, 0.05) is 21.8 Å². The van der Waals surface area contributed by atoms with Crippen LogP contribution >= 0.6 is 0 Å². The van der Waals surface area contributed by atoms with E-state index >= 15 is 0 Å². The van der Waals surface area contributed by atoms with Gasteiger partial charge in [0.05, 0.1) is 6.04 Å². The van der Waals surface area contributed by atoms with Gasteiger partial charge in [-0.05, 0) is 43.5 Å². The van der Waals surface area contributed by atoms with Gasteiger partial charge in [0.15, 0.2) is 0 Å². The molecule has 0 N–H and O–H groups in total. The standard InChI is InChI=1S/C18H16FNO3S/c19-11-8-9-15-13(10-11)12-4-1-2-5-14(12)20(15)16-6-3-7-17-18(16)23-24(21)22-17/h1-2,4-5,8-10,16-18H,3,6-7H2/t16-,17-,18+,24?/m1/s1. The number of para-hydroxylation sites is 1. The third-order valence-corrected chi connectivity index (χ3v) is 5.91. The van der Waals surface area contributed by atoms with E-state index in [-0.39, 0.29) is 24.1 Å². The van der Waals surface area contributed by atoms with Crippen LogP contribution in [0.5, 0.6) is 0 Å². The molecule has 1 aliphatic carbocycles. The second-order valence-electron chi connectivity index (χ2n) is 6.45. The van der Waals surface area contributed by atoms with Gasteiger partial charge in [0.2, 0.25) is 0 Å². The topological polar surface area (TPSA) is 40.5 Å². The summed E-state index contributed by atoms with van der Waals surface area (Å²) in [5.41, 5.74) is 2.02. The molecular weight excluding hydrogens is 329 g/mol. The lowest BCUT2D eigenvalue weighted by Crippen LogP contribution is -2.36. The van der Waals surface area contributed by atoms with Gasteiger partial charge in [-0.25, -0.2) is 4.39 Å². The molecule has 2 heterocycles. The number of hydrogen-bond donors (Lipinski definition) is 0. The molecule has 3 aromatic rings. The van der Waals surface area contributed by atoms with Crippen molar-refractivity contribution in [2.75, 3.05) is 0 Å². The Kier molecular flexibility index (Phi) is 3.26. The molecule has 0 amide bonds. The molecule has 124 valence electrons. The van der Waals surface area contributed by atoms with Crippen LogP contribution in [0.1, 0.15) is 25.3 Å². The van der Waals surface area contributed by atoms with Gasteiger partial charge in [-0.1, -0.05) is 18.2 Å². The summed E-state index contributed by atoms with van der Waals surface area (Å²) in [5, 5.41) is 1.92. The van der Waals surface area contributed by atoms with Gasteiger partial charge < -0.3 is 4.57 Å². The Hall–Kier alpha value is -1.76. The molecule has 4 atom stereocenters. The Morgan fingerprint density at radius 1 is 1.04 bits per heavy atom. The molecule has 5 rings (SSSR count). The van der Waals surface area contributed by atoms with Crippen LogP contribution < -0.4 is 0 Å². The smallest absolute Gasteiger partial charge is 0.305 e. The average Bonchev–Trinajstić information content (AvgIpc) is 3.11. The summed E-state index contributed by atoms with van der Waals surface area (Å²) < 4.78 is 38.7. The molecule has 0 radical (unpaired) electrons. The summed E-state index contributed by atoms with van der Waals surface area (Å²) in [4.78, 5) is 0. The van der Waals surface area contributed by atoms with Gasteiger partial charge in [-0.15, -0.1) is 0 Å². The molecule has 2 fully saturated rings. The lowest BCUT2D eigenvalue weighted by molar-refractivity contribution is 0.0671. The summed E-state index contributed by atoms with van der Waals surface area (Å²) in [6.07, 6.45) is 2.40. The van der Waals surface area contributed by atoms with Gasteiger partial charge in [0.25, 0.3) is 0 Å². The molecule has 6 heteroatoms. The van der Waals surface area contributed by atoms with Gasteiger partial charge >= 0.3 is 11.4 Å². The van der Waals surface area contributed by atoms with E-state index in [1.165, 1.54) is 6.07 Å². The molecule has 1 saturated carbocycles. The number of halogens is 1. The first-order valence-corrected chi connectivity index (χ1v) is 9.16. The van der Waals surface area contributed by atoms with Crippen LogP contribution in [0.3, 0.4) is 0 Å². The Morgan fingerprint density at radius 2 is 1.88 bits per heavy atom. The summed E-state index contributed by atoms with van der Waals surface area (Å²) in [7, 11) is 0. The van der Waals surface area contributed by atoms with Crippen molar-refractivity contribution >= 4 is 33.2 Å². The minimum Gasteiger partial charge on any atom is -0.335 e. The molecule has 2 aromatic carbocycles. The van der Waals surface area contributed by atoms with Gasteiger partial charge in [-0.3, -0.25) is 8.37 Å². The van der Waals surface area contributed by atoms with E-state index < -0.39 is 11.4 Å². The fourth-order valence-corrected chi connectivity index (χ4v) is 5.04. The fraction of sp³-hybridized carbons (Fsp3) is 0.333. The largest absolute Gasteiger partial charge is 0.335 e. The predicted molar refractivity (Wildman–Crippen MR) is 90.2 cm³/mol. The molecule has 1 saturated heterocycles. The van der Waals surface area contributed by atoms with Crippen molar-refractivity contribution in [3.63, 3.8) is 0 Å². The van der Waals surface area contributed by atoms with Crippen LogP contribution in [0, 0.1) is 5.82 Å². The SMILES string of the molecule is O=S1O[C@H]2[C@H](n3c4ccccc4c4cc(F)ccc43)CCC[C@H]2O1. The normalized spacial score (nSPS) is 30.0. The van der Waals surface area contributed by atoms with E-state index in [1.54, 1.807) is 6.07 Å². The molecule has 1 aliphatic heterocycles. The highest BCUT2D eigenvalue weighted by Gasteiger charge is 2.44. The van der Waals surface area contributed by atoms with E-state index in [2.05, 4.69) is 4.57 Å². The molecule has 2 aliphatic rings. The maximum atomic E-state index is 13.8. The van der Waals surface area contributed by atoms with Crippen molar-refractivity contribution in [2.45, 2.75) is 37.5 Å². The number of benzene rings is 2. The van der Waals surface area contributed by atoms with Crippen LogP contribution in [-0.4, -0.2) is 21.0 Å². The maximum Gasteiger partial charge on any atom is 0.305 e. The minimum atomic E-state index is -1.67. The molecule has 0 bridgehead atoms. The molecule has 0 spiro atoms. The Morgan fingerprint density at radius 3 is 2.79 bits per heavy atom. The molecule has 1 unspecified atom stereocenters. The lowest BCUT2D eigenvalue weighted by Gasteiger charge is -2.32. The zero-order valence-electron chi connectivity index (χ0n) is 12.9. The first-order chi connectivity index (χ1) is 11.7. The number of hydrogen-bond acceptors (Lipinski definition) is 3. The summed E-state index contributed by atoms with van der Waals surface area (Å²) in [5.74, 6) is -0.242. The molecule has 1 aromatic heterocycles. The second kappa shape index (κ2) is 5.37. The van der Waals surface area contributed by atoms with E-state index in [1.807, 2.05) is 30.3 Å². The van der Waals surface area contributed by atoms with E-state index in [9.17, 15) is 8.60 Å². The second-order valence-corrected chi connectivity index (χ2v) is 7.24. The van der Waals surface area contributed by atoms with Crippen LogP contribution in [0.15, 0.2) is 42.5 Å². The molecule has 24 heavy (non-hydrogen) atoms. The maximum absolute atomic E-state index is 13.8. The zero-order chi connectivity index (χ0) is 16.3. The quantitative estimate of drug-likeness (QED) is 0.669. The van der Waals surface area contributed by atoms with Crippen molar-refractivity contribution in [3.8, 4) is 0 Å². The first-order valence-electron chi connectivity index (χ1n) is 8.16. The Labute approximate surface area is 141 Å². The van der Waals surface area contributed by atoms with Crippen molar-refractivity contribution in [2.24, 2.45) is 0 Å². The number of nitrogens with zero attached hydrogens (tertiary/aromatic N) is 1. The Balaban J connectivity index is 1.77.